The Hall–Kier alpha value is -0.690. The van der Waals surface area contributed by atoms with Crippen molar-refractivity contribution >= 4 is 11.6 Å². The monoisotopic (exact) mass is 226 g/mol. The standard InChI is InChI=1S/C13H19ClO/c1-6-10-7-9(2)8-11(14)12(10)15-13(3,4)5/h7-8H,6H2,1-5H3. The summed E-state index contributed by atoms with van der Waals surface area (Å²) in [5.41, 5.74) is 2.15. The SMILES string of the molecule is CCc1cc(C)cc(Cl)c1OC(C)(C)C. The molecule has 0 fully saturated rings. The van der Waals surface area contributed by atoms with Crippen molar-refractivity contribution in [3.05, 3.63) is 28.3 Å². The molecule has 0 radical (unpaired) electrons. The molecule has 0 aromatic heterocycles. The van der Waals surface area contributed by atoms with Crippen LogP contribution in [0.15, 0.2) is 12.1 Å². The first-order chi connectivity index (χ1) is 6.83. The molecule has 0 aliphatic heterocycles. The molecule has 1 rings (SSSR count). The second kappa shape index (κ2) is 4.44. The summed E-state index contributed by atoms with van der Waals surface area (Å²) in [6.07, 6.45) is 0.937. The Balaban J connectivity index is 3.15. The van der Waals surface area contributed by atoms with E-state index in [0.717, 1.165) is 12.2 Å². The first kappa shape index (κ1) is 12.4. The maximum Gasteiger partial charge on any atom is 0.141 e. The molecule has 15 heavy (non-hydrogen) atoms. The van der Waals surface area contributed by atoms with E-state index in [1.54, 1.807) is 0 Å². The molecule has 84 valence electrons. The molecule has 0 atom stereocenters. The average molecular weight is 227 g/mol. The Bertz CT molecular complexity index is 350. The fourth-order valence-corrected chi connectivity index (χ4v) is 1.82. The highest BCUT2D eigenvalue weighted by molar-refractivity contribution is 6.32. The molecule has 1 nitrogen and oxygen atoms in total. The number of aryl methyl sites for hydroxylation is 2. The van der Waals surface area contributed by atoms with Crippen LogP contribution in [0.1, 0.15) is 38.8 Å². The third kappa shape index (κ3) is 3.42. The fraction of sp³-hybridized carbons (Fsp3) is 0.538. The summed E-state index contributed by atoms with van der Waals surface area (Å²) < 4.78 is 5.88. The summed E-state index contributed by atoms with van der Waals surface area (Å²) in [5.74, 6) is 0.831. The Labute approximate surface area is 97.4 Å². The summed E-state index contributed by atoms with van der Waals surface area (Å²) in [6.45, 7) is 10.3. The van der Waals surface area contributed by atoms with Crippen LogP contribution >= 0.6 is 11.6 Å². The van der Waals surface area contributed by atoms with Crippen LogP contribution in [0.2, 0.25) is 5.02 Å². The zero-order valence-electron chi connectivity index (χ0n) is 10.1. The van der Waals surface area contributed by atoms with Gasteiger partial charge in [-0.05, 0) is 51.3 Å². The first-order valence-electron chi connectivity index (χ1n) is 5.31. The van der Waals surface area contributed by atoms with Crippen molar-refractivity contribution in [1.82, 2.24) is 0 Å². The lowest BCUT2D eigenvalue weighted by molar-refractivity contribution is 0.129. The van der Waals surface area contributed by atoms with Gasteiger partial charge in [0, 0.05) is 0 Å². The third-order valence-electron chi connectivity index (χ3n) is 2.05. The van der Waals surface area contributed by atoms with Crippen LogP contribution in [0, 0.1) is 6.92 Å². The summed E-state index contributed by atoms with van der Waals surface area (Å²) in [7, 11) is 0. The maximum absolute atomic E-state index is 6.19. The molecule has 0 unspecified atom stereocenters. The Morgan fingerprint density at radius 2 is 1.87 bits per heavy atom. The van der Waals surface area contributed by atoms with Gasteiger partial charge >= 0.3 is 0 Å². The minimum atomic E-state index is -0.206. The molecule has 1 aromatic rings. The van der Waals surface area contributed by atoms with Crippen molar-refractivity contribution in [2.24, 2.45) is 0 Å². The van der Waals surface area contributed by atoms with Crippen molar-refractivity contribution < 1.29 is 4.74 Å². The van der Waals surface area contributed by atoms with E-state index in [9.17, 15) is 0 Å². The number of hydrogen-bond donors (Lipinski definition) is 0. The van der Waals surface area contributed by atoms with E-state index >= 15 is 0 Å². The van der Waals surface area contributed by atoms with E-state index in [-0.39, 0.29) is 5.60 Å². The lowest BCUT2D eigenvalue weighted by Crippen LogP contribution is -2.23. The van der Waals surface area contributed by atoms with Gasteiger partial charge < -0.3 is 4.74 Å². The van der Waals surface area contributed by atoms with E-state index in [2.05, 4.69) is 13.0 Å². The Kier molecular flexibility index (Phi) is 3.67. The zero-order chi connectivity index (χ0) is 11.6. The molecule has 1 aromatic carbocycles. The lowest BCUT2D eigenvalue weighted by Gasteiger charge is -2.24. The van der Waals surface area contributed by atoms with Gasteiger partial charge in [-0.25, -0.2) is 0 Å². The zero-order valence-corrected chi connectivity index (χ0v) is 10.9. The maximum atomic E-state index is 6.19. The highest BCUT2D eigenvalue weighted by Crippen LogP contribution is 2.33. The van der Waals surface area contributed by atoms with Gasteiger partial charge in [-0.1, -0.05) is 24.6 Å². The van der Waals surface area contributed by atoms with Crippen molar-refractivity contribution in [2.75, 3.05) is 0 Å². The van der Waals surface area contributed by atoms with Crippen LogP contribution in [0.5, 0.6) is 5.75 Å². The molecule has 0 aliphatic carbocycles. The quantitative estimate of drug-likeness (QED) is 0.727. The smallest absolute Gasteiger partial charge is 0.141 e. The average Bonchev–Trinajstić information content (AvgIpc) is 2.07. The van der Waals surface area contributed by atoms with E-state index in [1.165, 1.54) is 11.1 Å². The minimum Gasteiger partial charge on any atom is -0.486 e. The number of rotatable bonds is 2. The number of halogens is 1. The van der Waals surface area contributed by atoms with E-state index in [1.807, 2.05) is 33.8 Å². The van der Waals surface area contributed by atoms with Gasteiger partial charge in [0.05, 0.1) is 5.02 Å². The molecule has 0 spiro atoms. The Morgan fingerprint density at radius 1 is 1.27 bits per heavy atom. The van der Waals surface area contributed by atoms with E-state index < -0.39 is 0 Å². The molecule has 0 heterocycles. The molecule has 0 saturated heterocycles. The van der Waals surface area contributed by atoms with Gasteiger partial charge in [-0.3, -0.25) is 0 Å². The normalized spacial score (nSPS) is 11.6. The molecule has 0 saturated carbocycles. The van der Waals surface area contributed by atoms with Crippen molar-refractivity contribution in [1.29, 1.82) is 0 Å². The summed E-state index contributed by atoms with van der Waals surface area (Å²) >= 11 is 6.19. The van der Waals surface area contributed by atoms with Crippen LogP contribution < -0.4 is 4.74 Å². The highest BCUT2D eigenvalue weighted by Gasteiger charge is 2.17. The summed E-state index contributed by atoms with van der Waals surface area (Å²) in [6, 6.07) is 4.08. The second-order valence-corrected chi connectivity index (χ2v) is 5.21. The van der Waals surface area contributed by atoms with Gasteiger partial charge in [-0.2, -0.15) is 0 Å². The first-order valence-corrected chi connectivity index (χ1v) is 5.69. The molecule has 0 amide bonds. The van der Waals surface area contributed by atoms with Crippen LogP contribution in [-0.2, 0) is 6.42 Å². The molecule has 0 N–H and O–H groups in total. The van der Waals surface area contributed by atoms with Gasteiger partial charge in [0.15, 0.2) is 0 Å². The number of ether oxygens (including phenoxy) is 1. The molecular weight excluding hydrogens is 208 g/mol. The lowest BCUT2D eigenvalue weighted by atomic mass is 10.1. The van der Waals surface area contributed by atoms with Gasteiger partial charge in [-0.15, -0.1) is 0 Å². The molecular formula is C13H19ClO. The van der Waals surface area contributed by atoms with Crippen LogP contribution in [0.4, 0.5) is 0 Å². The molecule has 2 heteroatoms. The van der Waals surface area contributed by atoms with Crippen molar-refractivity contribution in [3.63, 3.8) is 0 Å². The van der Waals surface area contributed by atoms with Gasteiger partial charge in [0.1, 0.15) is 11.4 Å². The largest absolute Gasteiger partial charge is 0.486 e. The molecule has 0 aliphatic rings. The van der Waals surface area contributed by atoms with Crippen LogP contribution in [0.3, 0.4) is 0 Å². The van der Waals surface area contributed by atoms with Crippen molar-refractivity contribution in [3.8, 4) is 5.75 Å². The topological polar surface area (TPSA) is 9.23 Å². The number of hydrogen-bond acceptors (Lipinski definition) is 1. The predicted octanol–water partition coefficient (Wildman–Crippen LogP) is 4.39. The third-order valence-corrected chi connectivity index (χ3v) is 2.33. The van der Waals surface area contributed by atoms with Crippen LogP contribution in [0.25, 0.3) is 0 Å². The molecule has 0 bridgehead atoms. The van der Waals surface area contributed by atoms with E-state index in [4.69, 9.17) is 16.3 Å². The fourth-order valence-electron chi connectivity index (χ4n) is 1.48. The van der Waals surface area contributed by atoms with Crippen LogP contribution in [-0.4, -0.2) is 5.60 Å². The minimum absolute atomic E-state index is 0.206. The Morgan fingerprint density at radius 3 is 2.33 bits per heavy atom. The van der Waals surface area contributed by atoms with Gasteiger partial charge in [0.2, 0.25) is 0 Å². The highest BCUT2D eigenvalue weighted by atomic mass is 35.5. The van der Waals surface area contributed by atoms with E-state index in [0.29, 0.717) is 5.02 Å². The summed E-state index contributed by atoms with van der Waals surface area (Å²) in [5, 5.41) is 0.710. The second-order valence-electron chi connectivity index (χ2n) is 4.80. The summed E-state index contributed by atoms with van der Waals surface area (Å²) in [4.78, 5) is 0. The number of benzene rings is 1. The van der Waals surface area contributed by atoms with Crippen molar-refractivity contribution in [2.45, 2.75) is 46.6 Å². The predicted molar refractivity (Wildman–Crippen MR) is 65.9 cm³/mol. The van der Waals surface area contributed by atoms with Gasteiger partial charge in [0.25, 0.3) is 0 Å².